The summed E-state index contributed by atoms with van der Waals surface area (Å²) < 4.78 is 34.2. The fourth-order valence-electron chi connectivity index (χ4n) is 3.81. The van der Waals surface area contributed by atoms with E-state index in [9.17, 15) is 8.42 Å². The summed E-state index contributed by atoms with van der Waals surface area (Å²) in [5, 5.41) is 0. The summed E-state index contributed by atoms with van der Waals surface area (Å²) >= 11 is 0. The maximum atomic E-state index is 13.0. The molecule has 3 rings (SSSR count). The van der Waals surface area contributed by atoms with Crippen LogP contribution >= 0.6 is 0 Å². The van der Waals surface area contributed by atoms with Crippen molar-refractivity contribution >= 4 is 10.0 Å². The fraction of sp³-hybridized carbons (Fsp3) is 0.455. The van der Waals surface area contributed by atoms with Crippen molar-refractivity contribution < 1.29 is 13.2 Å². The molecule has 27 heavy (non-hydrogen) atoms. The van der Waals surface area contributed by atoms with Gasteiger partial charge in [-0.2, -0.15) is 0 Å². The number of aryl methyl sites for hydroxylation is 3. The summed E-state index contributed by atoms with van der Waals surface area (Å²) in [4.78, 5) is 0.288. The molecule has 2 aromatic carbocycles. The Morgan fingerprint density at radius 3 is 2.44 bits per heavy atom. The van der Waals surface area contributed by atoms with Crippen LogP contribution in [0.2, 0.25) is 0 Å². The van der Waals surface area contributed by atoms with Crippen molar-refractivity contribution in [1.82, 2.24) is 4.72 Å². The van der Waals surface area contributed by atoms with Gasteiger partial charge in [-0.05, 0) is 79.0 Å². The number of nitrogens with one attached hydrogen (secondary N) is 1. The van der Waals surface area contributed by atoms with Gasteiger partial charge in [0, 0.05) is 6.04 Å². The van der Waals surface area contributed by atoms with Gasteiger partial charge in [0.05, 0.1) is 12.0 Å². The number of ether oxygens (including phenoxy) is 1. The van der Waals surface area contributed by atoms with Crippen LogP contribution in [0.3, 0.4) is 0 Å². The van der Waals surface area contributed by atoms with Crippen LogP contribution in [0.1, 0.15) is 61.4 Å². The summed E-state index contributed by atoms with van der Waals surface area (Å²) in [5.74, 6) is 0.721. The van der Waals surface area contributed by atoms with E-state index in [2.05, 4.69) is 22.9 Å². The van der Waals surface area contributed by atoms with Crippen molar-refractivity contribution in [3.05, 3.63) is 58.7 Å². The smallest absolute Gasteiger partial charge is 0.241 e. The molecule has 1 aliphatic rings. The molecule has 2 aromatic rings. The lowest BCUT2D eigenvalue weighted by molar-refractivity contribution is 0.409. The highest BCUT2D eigenvalue weighted by Crippen LogP contribution is 2.28. The third kappa shape index (κ3) is 4.36. The third-order valence-corrected chi connectivity index (χ3v) is 6.89. The molecule has 0 saturated carbocycles. The number of sulfonamides is 1. The van der Waals surface area contributed by atoms with Crippen LogP contribution in [-0.2, 0) is 29.3 Å². The topological polar surface area (TPSA) is 55.4 Å². The third-order valence-electron chi connectivity index (χ3n) is 5.42. The largest absolute Gasteiger partial charge is 0.496 e. The molecule has 0 fully saturated rings. The van der Waals surface area contributed by atoms with E-state index in [1.807, 2.05) is 13.8 Å². The molecular formula is C22H29NO3S. The molecule has 0 heterocycles. The Bertz CT molecular complexity index is 906. The monoisotopic (exact) mass is 387 g/mol. The van der Waals surface area contributed by atoms with E-state index < -0.39 is 10.0 Å². The maximum Gasteiger partial charge on any atom is 0.241 e. The summed E-state index contributed by atoms with van der Waals surface area (Å²) in [5.41, 5.74) is 4.72. The second kappa shape index (κ2) is 8.44. The Kier molecular flexibility index (Phi) is 6.22. The molecule has 146 valence electrons. The van der Waals surface area contributed by atoms with Crippen molar-refractivity contribution in [2.45, 2.75) is 63.3 Å². The maximum absolute atomic E-state index is 13.0. The Balaban J connectivity index is 1.87. The quantitative estimate of drug-likeness (QED) is 0.757. The molecule has 0 amide bonds. The lowest BCUT2D eigenvalue weighted by Crippen LogP contribution is -2.28. The first-order chi connectivity index (χ1) is 13.0. The van der Waals surface area contributed by atoms with Gasteiger partial charge in [0.1, 0.15) is 5.75 Å². The lowest BCUT2D eigenvalue weighted by Gasteiger charge is -2.22. The first kappa shape index (κ1) is 19.9. The predicted molar refractivity (Wildman–Crippen MR) is 109 cm³/mol. The lowest BCUT2D eigenvalue weighted by atomic mass is 9.89. The van der Waals surface area contributed by atoms with Gasteiger partial charge in [-0.25, -0.2) is 13.1 Å². The van der Waals surface area contributed by atoms with Gasteiger partial charge in [-0.1, -0.05) is 32.0 Å². The van der Waals surface area contributed by atoms with E-state index in [1.54, 1.807) is 25.3 Å². The summed E-state index contributed by atoms with van der Waals surface area (Å²) in [7, 11) is -2.00. The molecule has 0 spiro atoms. The van der Waals surface area contributed by atoms with Gasteiger partial charge < -0.3 is 4.74 Å². The number of hydrogen-bond donors (Lipinski definition) is 1. The Labute approximate surface area is 163 Å². The summed E-state index contributed by atoms with van der Waals surface area (Å²) in [6, 6.07) is 11.3. The van der Waals surface area contributed by atoms with Crippen LogP contribution in [0.25, 0.3) is 0 Å². The van der Waals surface area contributed by atoms with Crippen molar-refractivity contribution in [2.75, 3.05) is 7.11 Å². The van der Waals surface area contributed by atoms with Crippen molar-refractivity contribution in [2.24, 2.45) is 0 Å². The fourth-order valence-corrected chi connectivity index (χ4v) is 5.17. The number of hydrogen-bond acceptors (Lipinski definition) is 3. The molecule has 0 saturated heterocycles. The van der Waals surface area contributed by atoms with Crippen molar-refractivity contribution in [3.63, 3.8) is 0 Å². The van der Waals surface area contributed by atoms with E-state index in [0.717, 1.165) is 29.7 Å². The van der Waals surface area contributed by atoms with E-state index in [4.69, 9.17) is 4.74 Å². The van der Waals surface area contributed by atoms with Crippen molar-refractivity contribution in [3.8, 4) is 5.75 Å². The van der Waals surface area contributed by atoms with Gasteiger partial charge >= 0.3 is 0 Å². The number of rotatable bonds is 7. The van der Waals surface area contributed by atoms with Crippen LogP contribution in [0.4, 0.5) is 0 Å². The molecule has 0 aliphatic heterocycles. The zero-order valence-electron chi connectivity index (χ0n) is 16.4. The molecule has 1 N–H and O–H groups in total. The van der Waals surface area contributed by atoms with Crippen LogP contribution in [0.5, 0.6) is 5.75 Å². The highest BCUT2D eigenvalue weighted by molar-refractivity contribution is 7.89. The van der Waals surface area contributed by atoms with Gasteiger partial charge in [0.15, 0.2) is 0 Å². The minimum atomic E-state index is -3.60. The standard InChI is InChI=1S/C22H29NO3S/c1-4-16-15-20(12-13-22(16)26-3)27(24,25)23-21(5-2)19-11-10-17-8-6-7-9-18(17)14-19/h10-15,21,23H,4-9H2,1-3H3/t21-/m1/s1. The second-order valence-corrected chi connectivity index (χ2v) is 8.86. The molecule has 0 bridgehead atoms. The Hall–Kier alpha value is -1.85. The zero-order chi connectivity index (χ0) is 19.4. The molecule has 1 atom stereocenters. The van der Waals surface area contributed by atoms with Crippen molar-refractivity contribution in [1.29, 1.82) is 0 Å². The van der Waals surface area contributed by atoms with Crippen LogP contribution in [0, 0.1) is 0 Å². The average molecular weight is 388 g/mol. The minimum Gasteiger partial charge on any atom is -0.496 e. The SMILES string of the molecule is CCc1cc(S(=O)(=O)N[C@H](CC)c2ccc3c(c2)CCCC3)ccc1OC. The van der Waals surface area contributed by atoms with E-state index in [1.165, 1.54) is 24.0 Å². The molecular weight excluding hydrogens is 358 g/mol. The number of benzene rings is 2. The highest BCUT2D eigenvalue weighted by atomic mass is 32.2. The van der Waals surface area contributed by atoms with Crippen LogP contribution < -0.4 is 9.46 Å². The molecule has 4 nitrogen and oxygen atoms in total. The predicted octanol–water partition coefficient (Wildman–Crippen LogP) is 4.57. The molecule has 5 heteroatoms. The average Bonchev–Trinajstić information content (AvgIpc) is 2.71. The van der Waals surface area contributed by atoms with E-state index >= 15 is 0 Å². The van der Waals surface area contributed by atoms with Gasteiger partial charge in [0.2, 0.25) is 10.0 Å². The first-order valence-electron chi connectivity index (χ1n) is 9.79. The van der Waals surface area contributed by atoms with E-state index in [-0.39, 0.29) is 10.9 Å². The number of methoxy groups -OCH3 is 1. The Morgan fingerprint density at radius 2 is 1.78 bits per heavy atom. The normalized spacial score (nSPS) is 15.2. The molecule has 0 radical (unpaired) electrons. The van der Waals surface area contributed by atoms with Crippen LogP contribution in [-0.4, -0.2) is 15.5 Å². The Morgan fingerprint density at radius 1 is 1.04 bits per heavy atom. The molecule has 1 aliphatic carbocycles. The summed E-state index contributed by atoms with van der Waals surface area (Å²) in [6.45, 7) is 4.00. The van der Waals surface area contributed by atoms with Crippen LogP contribution in [0.15, 0.2) is 41.3 Å². The minimum absolute atomic E-state index is 0.227. The van der Waals surface area contributed by atoms with E-state index in [0.29, 0.717) is 12.8 Å². The zero-order valence-corrected chi connectivity index (χ0v) is 17.2. The first-order valence-corrected chi connectivity index (χ1v) is 11.3. The van der Waals surface area contributed by atoms with Gasteiger partial charge in [-0.15, -0.1) is 0 Å². The second-order valence-electron chi connectivity index (χ2n) is 7.14. The van der Waals surface area contributed by atoms with Gasteiger partial charge in [-0.3, -0.25) is 0 Å². The summed E-state index contributed by atoms with van der Waals surface area (Å²) in [6.07, 6.45) is 6.09. The molecule has 0 unspecified atom stereocenters. The number of fused-ring (bicyclic) bond motifs is 1. The van der Waals surface area contributed by atoms with Gasteiger partial charge in [0.25, 0.3) is 0 Å². The highest BCUT2D eigenvalue weighted by Gasteiger charge is 2.22. The molecule has 0 aromatic heterocycles.